The number of nitrogens with one attached hydrogen (secondary N) is 1. The van der Waals surface area contributed by atoms with Gasteiger partial charge in [0, 0.05) is 24.9 Å². The van der Waals surface area contributed by atoms with Crippen LogP contribution in [0.15, 0.2) is 78.9 Å². The van der Waals surface area contributed by atoms with Crippen LogP contribution in [0.5, 0.6) is 11.5 Å². The van der Waals surface area contributed by atoms with Gasteiger partial charge in [-0.2, -0.15) is 5.26 Å². The molecule has 3 aromatic carbocycles. The van der Waals surface area contributed by atoms with Crippen LogP contribution < -0.4 is 14.8 Å². The summed E-state index contributed by atoms with van der Waals surface area (Å²) < 4.78 is 46.1. The van der Waals surface area contributed by atoms with Gasteiger partial charge in [-0.15, -0.1) is 18.5 Å². The molecule has 0 aromatic heterocycles. The Labute approximate surface area is 345 Å². The predicted molar refractivity (Wildman–Crippen MR) is 230 cm³/mol. The maximum absolute atomic E-state index is 13.9. The molecular weight excluding hydrogens is 779 g/mol. The zero-order chi connectivity index (χ0) is 41.1. The van der Waals surface area contributed by atoms with Crippen molar-refractivity contribution in [3.63, 3.8) is 0 Å². The third-order valence-corrected chi connectivity index (χ3v) is 13.4. The molecular formula is C43H60N3O8P3. The topological polar surface area (TPSA) is 121 Å². The fraction of sp³-hybridized carbons (Fsp3) is 0.535. The Bertz CT molecular complexity index is 1670. The molecule has 2 aliphatic heterocycles. The fourth-order valence-corrected chi connectivity index (χ4v) is 10.6. The lowest BCUT2D eigenvalue weighted by molar-refractivity contribution is -0.125. The Morgan fingerprint density at radius 1 is 0.877 bits per heavy atom. The van der Waals surface area contributed by atoms with Crippen molar-refractivity contribution < 1.29 is 37.5 Å². The summed E-state index contributed by atoms with van der Waals surface area (Å²) in [6.45, 7) is 10.9. The monoisotopic (exact) mass is 839 g/mol. The normalized spacial score (nSPS) is 23.4. The second-order valence-corrected chi connectivity index (χ2v) is 18.0. The van der Waals surface area contributed by atoms with E-state index in [0.717, 1.165) is 28.2 Å². The zero-order valence-electron chi connectivity index (χ0n) is 34.2. The number of hydrogen-bond acceptors (Lipinski definition) is 10. The van der Waals surface area contributed by atoms with Crippen molar-refractivity contribution in [1.29, 1.82) is 5.26 Å². The lowest BCUT2D eigenvalue weighted by Gasteiger charge is -2.38. The fourth-order valence-electron chi connectivity index (χ4n) is 7.81. The summed E-state index contributed by atoms with van der Waals surface area (Å²) in [5.74, 6) is 1.04. The first-order chi connectivity index (χ1) is 27.4. The molecule has 2 saturated heterocycles. The van der Waals surface area contributed by atoms with Crippen LogP contribution in [0.3, 0.4) is 0 Å². The summed E-state index contributed by atoms with van der Waals surface area (Å²) >= 11 is 0. The number of carbonyl (C=O) groups excluding carboxylic acids is 1. The van der Waals surface area contributed by atoms with Crippen molar-refractivity contribution in [2.45, 2.75) is 114 Å². The Morgan fingerprint density at radius 2 is 1.44 bits per heavy atom. The van der Waals surface area contributed by atoms with Crippen LogP contribution in [-0.4, -0.2) is 86.1 Å². The maximum Gasteiger partial charge on any atom is 0.259 e. The molecule has 1 N–H and O–H groups in total. The van der Waals surface area contributed by atoms with E-state index in [0.29, 0.717) is 12.8 Å². The summed E-state index contributed by atoms with van der Waals surface area (Å²) in [5.41, 5.74) is 1.79. The van der Waals surface area contributed by atoms with Gasteiger partial charge in [-0.1, -0.05) is 54.6 Å². The molecule has 14 heteroatoms. The summed E-state index contributed by atoms with van der Waals surface area (Å²) in [6, 6.07) is 28.2. The minimum absolute atomic E-state index is 0.0899. The summed E-state index contributed by atoms with van der Waals surface area (Å²) in [7, 11) is 7.35. The number of benzene rings is 3. The van der Waals surface area contributed by atoms with Gasteiger partial charge in [0.1, 0.15) is 23.2 Å². The van der Waals surface area contributed by atoms with Gasteiger partial charge >= 0.3 is 0 Å². The minimum atomic E-state index is -1.47. The molecule has 3 aromatic rings. The highest BCUT2D eigenvalue weighted by Crippen LogP contribution is 2.50. The zero-order valence-corrected chi connectivity index (χ0v) is 37.4. The van der Waals surface area contributed by atoms with E-state index in [-0.39, 0.29) is 79.9 Å². The van der Waals surface area contributed by atoms with E-state index in [4.69, 9.17) is 38.0 Å². The lowest BCUT2D eigenvalue weighted by atomic mass is 9.80. The molecule has 5 rings (SSSR count). The van der Waals surface area contributed by atoms with Gasteiger partial charge in [0.25, 0.3) is 8.53 Å². The van der Waals surface area contributed by atoms with Gasteiger partial charge in [0.05, 0.1) is 69.9 Å². The highest BCUT2D eigenvalue weighted by molar-refractivity contribution is 7.44. The highest BCUT2D eigenvalue weighted by atomic mass is 31.2. The molecule has 0 saturated carbocycles. The van der Waals surface area contributed by atoms with E-state index in [1.165, 1.54) is 0 Å². The molecule has 11 nitrogen and oxygen atoms in total. The first-order valence-corrected chi connectivity index (χ1v) is 22.2. The first-order valence-electron chi connectivity index (χ1n) is 19.7. The Balaban J connectivity index is 1.33. The van der Waals surface area contributed by atoms with E-state index in [1.807, 2.05) is 73.7 Å². The van der Waals surface area contributed by atoms with E-state index < -0.39 is 20.2 Å². The average molecular weight is 840 g/mol. The largest absolute Gasteiger partial charge is 0.497 e. The maximum atomic E-state index is 13.9. The van der Waals surface area contributed by atoms with Crippen LogP contribution >= 0.6 is 27.0 Å². The van der Waals surface area contributed by atoms with Crippen molar-refractivity contribution in [1.82, 2.24) is 9.99 Å². The summed E-state index contributed by atoms with van der Waals surface area (Å²) in [5, 5.41) is 12.4. The number of nitriles is 1. The van der Waals surface area contributed by atoms with E-state index in [1.54, 1.807) is 14.2 Å². The molecule has 0 bridgehead atoms. The van der Waals surface area contributed by atoms with Crippen molar-refractivity contribution in [2.24, 2.45) is 5.92 Å². The molecule has 2 fully saturated rings. The first kappa shape index (κ1) is 45.4. The number of rotatable bonds is 20. The molecule has 0 aliphatic carbocycles. The molecule has 2 aliphatic rings. The van der Waals surface area contributed by atoms with Crippen molar-refractivity contribution >= 4 is 32.9 Å². The Hall–Kier alpha value is -2.73. The predicted octanol–water partition coefficient (Wildman–Crippen LogP) is 8.16. The third-order valence-electron chi connectivity index (χ3n) is 10.4. The number of amides is 1. The number of ether oxygens (including phenoxy) is 5. The molecule has 1 amide bonds. The summed E-state index contributed by atoms with van der Waals surface area (Å²) in [4.78, 5) is 13.9. The Morgan fingerprint density at radius 3 is 1.98 bits per heavy atom. The van der Waals surface area contributed by atoms with E-state index in [2.05, 4.69) is 74.4 Å². The molecule has 57 heavy (non-hydrogen) atoms. The second kappa shape index (κ2) is 21.5. The second-order valence-electron chi connectivity index (χ2n) is 15.1. The minimum Gasteiger partial charge on any atom is -0.497 e. The van der Waals surface area contributed by atoms with Crippen LogP contribution in [0.1, 0.15) is 77.0 Å². The van der Waals surface area contributed by atoms with Gasteiger partial charge < -0.3 is 38.0 Å². The molecule has 2 heterocycles. The van der Waals surface area contributed by atoms with Crippen LogP contribution in [0, 0.1) is 17.2 Å². The molecule has 0 spiro atoms. The number of hydrogen-bond donors (Lipinski definition) is 1. The van der Waals surface area contributed by atoms with Gasteiger partial charge in [0.2, 0.25) is 5.91 Å². The van der Waals surface area contributed by atoms with Gasteiger partial charge in [-0.3, -0.25) is 4.79 Å². The standard InChI is InChI=1S/C43H60N3O8P3/c1-28(2)46(29(3)4)57(51-23-11-22-44)54-37-26-41(56)53-42(37)30(5)45-39(47)24-31-25-40(55)52-38(31)27-50-43(32-12-9-8-10-13-32,33-14-18-35(48-6)19-15-33)34-16-20-36(49-7)21-17-34/h8-10,12-21,28-31,37-38,40-42H,11,23-27,55-56H2,1-7H3,(H,45,47)/t30-,31-,37-,38?,40?,41?,42?,57?/m1/s1. The van der Waals surface area contributed by atoms with E-state index >= 15 is 0 Å². The van der Waals surface area contributed by atoms with Crippen LogP contribution in [0.2, 0.25) is 0 Å². The van der Waals surface area contributed by atoms with Crippen molar-refractivity contribution in [3.8, 4) is 17.6 Å². The smallest absolute Gasteiger partial charge is 0.259 e. The SMILES string of the molecule is COc1ccc(C(OCC2OC(P)C[C@H]2CC(=O)N[C@H](C)C2OC(P)C[C@H]2OP(OCCC#N)N(C(C)C)C(C)C)(c2ccccc2)c2ccc(OC)cc2)cc1. The van der Waals surface area contributed by atoms with Crippen LogP contribution in [-0.2, 0) is 33.7 Å². The molecule has 7 unspecified atom stereocenters. The molecule has 10 atom stereocenters. The summed E-state index contributed by atoms with van der Waals surface area (Å²) in [6.07, 6.45) is 0.800. The number of carbonyl (C=O) groups is 1. The molecule has 310 valence electrons. The molecule has 0 radical (unpaired) electrons. The van der Waals surface area contributed by atoms with Gasteiger partial charge in [0.15, 0.2) is 0 Å². The van der Waals surface area contributed by atoms with Gasteiger partial charge in [-0.05, 0) is 87.9 Å². The van der Waals surface area contributed by atoms with Crippen molar-refractivity contribution in [3.05, 3.63) is 95.6 Å². The number of nitrogens with zero attached hydrogens (tertiary/aromatic N) is 2. The highest BCUT2D eigenvalue weighted by Gasteiger charge is 2.44. The van der Waals surface area contributed by atoms with Crippen molar-refractivity contribution in [2.75, 3.05) is 27.4 Å². The van der Waals surface area contributed by atoms with Crippen LogP contribution in [0.4, 0.5) is 0 Å². The van der Waals surface area contributed by atoms with Crippen LogP contribution in [0.25, 0.3) is 0 Å². The number of methoxy groups -OCH3 is 2. The van der Waals surface area contributed by atoms with E-state index in [9.17, 15) is 4.79 Å². The lowest BCUT2D eigenvalue weighted by Crippen LogP contribution is -2.47. The third kappa shape index (κ3) is 11.5. The average Bonchev–Trinajstić information content (AvgIpc) is 3.75. The van der Waals surface area contributed by atoms with Gasteiger partial charge in [-0.25, -0.2) is 4.67 Å². The quantitative estimate of drug-likeness (QED) is 0.0678. The Kier molecular flexibility index (Phi) is 17.1.